The van der Waals surface area contributed by atoms with E-state index in [0.717, 1.165) is 12.8 Å². The lowest BCUT2D eigenvalue weighted by Crippen LogP contribution is -2.61. The first-order valence-electron chi connectivity index (χ1n) is 3.88. The zero-order valence-corrected chi connectivity index (χ0v) is 6.75. The number of nitrogens with zero attached hydrogens (tertiary/aromatic N) is 1. The zero-order valence-electron chi connectivity index (χ0n) is 6.75. The van der Waals surface area contributed by atoms with Crippen LogP contribution in [0, 0.1) is 0 Å². The number of nitrogens with two attached hydrogens (primary N) is 2. The van der Waals surface area contributed by atoms with Gasteiger partial charge >= 0.3 is 0 Å². The fourth-order valence-electron chi connectivity index (χ4n) is 1.37. The van der Waals surface area contributed by atoms with E-state index in [9.17, 15) is 9.59 Å². The summed E-state index contributed by atoms with van der Waals surface area (Å²) in [5.74, 6) is -1.45. The predicted octanol–water partition coefficient (Wildman–Crippen LogP) is -1.52. The van der Waals surface area contributed by atoms with E-state index in [1.807, 2.05) is 0 Å². The van der Waals surface area contributed by atoms with Crippen LogP contribution < -0.4 is 16.8 Å². The van der Waals surface area contributed by atoms with Crippen molar-refractivity contribution in [3.63, 3.8) is 0 Å². The molecule has 1 aliphatic rings. The summed E-state index contributed by atoms with van der Waals surface area (Å²) in [7, 11) is 0. The zero-order chi connectivity index (χ0) is 9.19. The highest BCUT2D eigenvalue weighted by molar-refractivity contribution is 6.08. The monoisotopic (exact) mass is 170 g/mol. The summed E-state index contributed by atoms with van der Waals surface area (Å²) in [4.78, 5) is 21.9. The highest BCUT2D eigenvalue weighted by Gasteiger charge is 2.44. The van der Waals surface area contributed by atoms with Gasteiger partial charge in [0.05, 0.1) is 0 Å². The first kappa shape index (κ1) is 8.99. The van der Waals surface area contributed by atoms with Crippen LogP contribution in [0.3, 0.4) is 0 Å². The van der Waals surface area contributed by atoms with Gasteiger partial charge < -0.3 is 11.5 Å². The molecule has 5 heteroatoms. The molecule has 0 aromatic carbocycles. The Balaban J connectivity index is 2.84. The number of hydrogen-bond donors (Lipinski definition) is 2. The van der Waals surface area contributed by atoms with Crippen LogP contribution in [0.15, 0.2) is 0 Å². The number of hydrogen-bond acceptors (Lipinski definition) is 2. The van der Waals surface area contributed by atoms with Crippen LogP contribution in [0.4, 0.5) is 0 Å². The third-order valence-electron chi connectivity index (χ3n) is 2.14. The summed E-state index contributed by atoms with van der Waals surface area (Å²) >= 11 is 0. The highest BCUT2D eigenvalue weighted by atomic mass is 16.2. The molecule has 67 valence electrons. The fourth-order valence-corrected chi connectivity index (χ4v) is 1.37. The Morgan fingerprint density at radius 1 is 1.17 bits per heavy atom. The molecule has 5 nitrogen and oxygen atoms in total. The van der Waals surface area contributed by atoms with Crippen molar-refractivity contribution in [1.29, 1.82) is 0 Å². The van der Waals surface area contributed by atoms with E-state index < -0.39 is 17.4 Å². The first-order chi connectivity index (χ1) is 5.59. The van der Waals surface area contributed by atoms with Crippen LogP contribution >= 0.6 is 0 Å². The van der Waals surface area contributed by atoms with E-state index in [0.29, 0.717) is 13.0 Å². The standard InChI is InChI=1S/C7H12N3O2/c8-5(11)7(6(9)12)3-1-2-4-10-7/h1-4H2,(H2,8,11)(H2,9,12). The van der Waals surface area contributed by atoms with E-state index in [4.69, 9.17) is 11.5 Å². The number of amides is 2. The van der Waals surface area contributed by atoms with Gasteiger partial charge in [0.1, 0.15) is 0 Å². The van der Waals surface area contributed by atoms with Crippen molar-refractivity contribution in [2.24, 2.45) is 11.5 Å². The molecule has 1 heterocycles. The lowest BCUT2D eigenvalue weighted by atomic mass is 9.87. The molecule has 1 rings (SSSR count). The van der Waals surface area contributed by atoms with Crippen molar-refractivity contribution < 1.29 is 9.59 Å². The van der Waals surface area contributed by atoms with Crippen molar-refractivity contribution >= 4 is 11.8 Å². The number of primary amides is 2. The quantitative estimate of drug-likeness (QED) is 0.492. The Kier molecular flexibility index (Phi) is 2.32. The van der Waals surface area contributed by atoms with Gasteiger partial charge in [0.15, 0.2) is 5.54 Å². The van der Waals surface area contributed by atoms with Crippen molar-refractivity contribution in [3.8, 4) is 0 Å². The Labute approximate surface area is 70.5 Å². The minimum Gasteiger partial charge on any atom is -0.368 e. The number of rotatable bonds is 2. The second-order valence-corrected chi connectivity index (χ2v) is 2.93. The van der Waals surface area contributed by atoms with Gasteiger partial charge in [-0.05, 0) is 19.3 Å². The van der Waals surface area contributed by atoms with Crippen LogP contribution in [0.25, 0.3) is 0 Å². The summed E-state index contributed by atoms with van der Waals surface area (Å²) in [6.45, 7) is 0.492. The lowest BCUT2D eigenvalue weighted by Gasteiger charge is -2.30. The maximum atomic E-state index is 10.9. The molecule has 1 saturated heterocycles. The van der Waals surface area contributed by atoms with Crippen LogP contribution in [0.1, 0.15) is 19.3 Å². The van der Waals surface area contributed by atoms with Gasteiger partial charge in [0.25, 0.3) is 0 Å². The van der Waals surface area contributed by atoms with Gasteiger partial charge in [-0.2, -0.15) is 0 Å². The minimum absolute atomic E-state index is 0.359. The molecule has 2 amide bonds. The maximum absolute atomic E-state index is 10.9. The second kappa shape index (κ2) is 3.10. The summed E-state index contributed by atoms with van der Waals surface area (Å²) < 4.78 is 0. The molecule has 0 bridgehead atoms. The van der Waals surface area contributed by atoms with Gasteiger partial charge in [-0.15, -0.1) is 0 Å². The van der Waals surface area contributed by atoms with Gasteiger partial charge in [-0.1, -0.05) is 0 Å². The summed E-state index contributed by atoms with van der Waals surface area (Å²) in [6.07, 6.45) is 2.02. The summed E-state index contributed by atoms with van der Waals surface area (Å²) in [5.41, 5.74) is 8.72. The molecule has 0 aliphatic carbocycles. The van der Waals surface area contributed by atoms with Crippen molar-refractivity contribution in [1.82, 2.24) is 5.32 Å². The fraction of sp³-hybridized carbons (Fsp3) is 0.714. The van der Waals surface area contributed by atoms with Gasteiger partial charge in [-0.25, -0.2) is 5.32 Å². The molecular weight excluding hydrogens is 158 g/mol. The third kappa shape index (κ3) is 1.27. The lowest BCUT2D eigenvalue weighted by molar-refractivity contribution is -0.136. The van der Waals surface area contributed by atoms with E-state index in [2.05, 4.69) is 5.32 Å². The third-order valence-corrected chi connectivity index (χ3v) is 2.14. The molecule has 0 spiro atoms. The number of piperidine rings is 1. The number of carbonyl (C=O) groups is 2. The molecule has 0 aromatic rings. The minimum atomic E-state index is -1.42. The normalized spacial score (nSPS) is 21.7. The molecule has 1 radical (unpaired) electrons. The Morgan fingerprint density at radius 3 is 2.00 bits per heavy atom. The van der Waals surface area contributed by atoms with E-state index in [-0.39, 0.29) is 0 Å². The smallest absolute Gasteiger partial charge is 0.249 e. The number of carbonyl (C=O) groups excluding carboxylic acids is 2. The summed E-state index contributed by atoms with van der Waals surface area (Å²) in [5, 5.41) is 3.91. The maximum Gasteiger partial charge on any atom is 0.249 e. The average Bonchev–Trinajstić information content (AvgIpc) is 2.05. The van der Waals surface area contributed by atoms with Crippen LogP contribution in [-0.2, 0) is 9.59 Å². The largest absolute Gasteiger partial charge is 0.368 e. The SMILES string of the molecule is NC(=O)C1(C(N)=O)CCCC[N]1. The summed E-state index contributed by atoms with van der Waals surface area (Å²) in [6, 6.07) is 0. The molecule has 4 N–H and O–H groups in total. The Hall–Kier alpha value is -1.10. The molecule has 0 saturated carbocycles. The second-order valence-electron chi connectivity index (χ2n) is 2.93. The van der Waals surface area contributed by atoms with Crippen LogP contribution in [-0.4, -0.2) is 23.9 Å². The molecule has 0 unspecified atom stereocenters. The van der Waals surface area contributed by atoms with Gasteiger partial charge in [0, 0.05) is 6.54 Å². The van der Waals surface area contributed by atoms with E-state index in [1.165, 1.54) is 0 Å². The molecule has 12 heavy (non-hydrogen) atoms. The van der Waals surface area contributed by atoms with Crippen molar-refractivity contribution in [2.45, 2.75) is 24.8 Å². The molecule has 0 atom stereocenters. The molecule has 0 aromatic heterocycles. The van der Waals surface area contributed by atoms with Crippen molar-refractivity contribution in [3.05, 3.63) is 0 Å². The Bertz CT molecular complexity index is 193. The molecule has 1 fully saturated rings. The van der Waals surface area contributed by atoms with E-state index >= 15 is 0 Å². The topological polar surface area (TPSA) is 100 Å². The Morgan fingerprint density at radius 2 is 1.75 bits per heavy atom. The molecule has 1 aliphatic heterocycles. The van der Waals surface area contributed by atoms with Gasteiger partial charge in [0.2, 0.25) is 11.8 Å². The predicted molar refractivity (Wildman–Crippen MR) is 42.0 cm³/mol. The van der Waals surface area contributed by atoms with E-state index in [1.54, 1.807) is 0 Å². The van der Waals surface area contributed by atoms with Crippen molar-refractivity contribution in [2.75, 3.05) is 6.54 Å². The highest BCUT2D eigenvalue weighted by Crippen LogP contribution is 2.19. The van der Waals surface area contributed by atoms with Crippen LogP contribution in [0.2, 0.25) is 0 Å². The average molecular weight is 170 g/mol. The molecular formula is C7H12N3O2. The van der Waals surface area contributed by atoms with Crippen LogP contribution in [0.5, 0.6) is 0 Å². The first-order valence-corrected chi connectivity index (χ1v) is 3.88. The van der Waals surface area contributed by atoms with Gasteiger partial charge in [-0.3, -0.25) is 9.59 Å².